The summed E-state index contributed by atoms with van der Waals surface area (Å²) in [5, 5.41) is 3.50. The van der Waals surface area contributed by atoms with E-state index in [-0.39, 0.29) is 0 Å². The molecule has 1 nitrogen and oxygen atoms in total. The molecule has 1 aliphatic carbocycles. The van der Waals surface area contributed by atoms with Crippen molar-refractivity contribution in [2.24, 2.45) is 0 Å². The Balaban J connectivity index is 2.26. The van der Waals surface area contributed by atoms with Crippen molar-refractivity contribution in [2.75, 3.05) is 5.32 Å². The fraction of sp³-hybridized carbons (Fsp3) is 0.429. The Kier molecular flexibility index (Phi) is 3.10. The maximum atomic E-state index is 3.81. The van der Waals surface area contributed by atoms with Crippen molar-refractivity contribution in [1.82, 2.24) is 0 Å². The molecule has 0 heterocycles. The molecular weight excluding hydrogens is 182 g/mol. The van der Waals surface area contributed by atoms with Crippen LogP contribution in [0.25, 0.3) is 0 Å². The van der Waals surface area contributed by atoms with E-state index in [0.717, 1.165) is 0 Å². The lowest BCUT2D eigenvalue weighted by Crippen LogP contribution is -2.15. The van der Waals surface area contributed by atoms with Crippen molar-refractivity contribution < 1.29 is 0 Å². The molecular formula is C14H19N. The molecule has 0 bridgehead atoms. The number of rotatable bonds is 3. The fourth-order valence-corrected chi connectivity index (χ4v) is 2.22. The van der Waals surface area contributed by atoms with Gasteiger partial charge < -0.3 is 5.32 Å². The van der Waals surface area contributed by atoms with Gasteiger partial charge in [0.05, 0.1) is 0 Å². The molecule has 1 unspecified atom stereocenters. The molecule has 0 aromatic heterocycles. The van der Waals surface area contributed by atoms with Crippen LogP contribution in [-0.4, -0.2) is 6.04 Å². The fourth-order valence-electron chi connectivity index (χ4n) is 2.22. The minimum absolute atomic E-state index is 0.346. The van der Waals surface area contributed by atoms with Gasteiger partial charge in [0.25, 0.3) is 0 Å². The van der Waals surface area contributed by atoms with Gasteiger partial charge in [-0.15, -0.1) is 6.58 Å². The summed E-state index contributed by atoms with van der Waals surface area (Å²) in [6, 6.07) is 6.95. The van der Waals surface area contributed by atoms with Gasteiger partial charge in [0.15, 0.2) is 0 Å². The van der Waals surface area contributed by atoms with Crippen LogP contribution in [-0.2, 0) is 12.8 Å². The van der Waals surface area contributed by atoms with Crippen LogP contribution >= 0.6 is 0 Å². The molecule has 0 fully saturated rings. The third-order valence-corrected chi connectivity index (χ3v) is 3.13. The van der Waals surface area contributed by atoms with Crippen molar-refractivity contribution in [1.29, 1.82) is 0 Å². The zero-order chi connectivity index (χ0) is 10.7. The summed E-state index contributed by atoms with van der Waals surface area (Å²) in [6.45, 7) is 5.94. The van der Waals surface area contributed by atoms with Gasteiger partial charge in [-0.05, 0) is 49.8 Å². The highest BCUT2D eigenvalue weighted by atomic mass is 14.9. The first-order valence-electron chi connectivity index (χ1n) is 5.81. The van der Waals surface area contributed by atoms with E-state index in [9.17, 15) is 0 Å². The molecule has 0 amide bonds. The third-order valence-electron chi connectivity index (χ3n) is 3.13. The molecule has 1 aromatic carbocycles. The summed E-state index contributed by atoms with van der Waals surface area (Å²) in [4.78, 5) is 0. The highest BCUT2D eigenvalue weighted by Gasteiger charge is 2.12. The van der Waals surface area contributed by atoms with Crippen LogP contribution < -0.4 is 5.32 Å². The maximum absolute atomic E-state index is 3.81. The Labute approximate surface area is 92.2 Å². The van der Waals surface area contributed by atoms with E-state index in [2.05, 4.69) is 37.0 Å². The number of nitrogens with one attached hydrogen (secondary N) is 1. The lowest BCUT2D eigenvalue weighted by Gasteiger charge is -2.21. The van der Waals surface area contributed by atoms with Crippen LogP contribution in [0.4, 0.5) is 5.69 Å². The quantitative estimate of drug-likeness (QED) is 0.737. The van der Waals surface area contributed by atoms with Gasteiger partial charge in [-0.2, -0.15) is 0 Å². The van der Waals surface area contributed by atoms with Crippen LogP contribution in [0.3, 0.4) is 0 Å². The number of benzene rings is 1. The summed E-state index contributed by atoms with van der Waals surface area (Å²) in [6.07, 6.45) is 7.08. The van der Waals surface area contributed by atoms with Crippen molar-refractivity contribution in [3.8, 4) is 0 Å². The highest BCUT2D eigenvalue weighted by Crippen LogP contribution is 2.28. The summed E-state index contributed by atoms with van der Waals surface area (Å²) in [5.41, 5.74) is 4.36. The molecule has 0 aliphatic heterocycles. The van der Waals surface area contributed by atoms with Gasteiger partial charge in [0.1, 0.15) is 0 Å². The van der Waals surface area contributed by atoms with E-state index in [1.165, 1.54) is 42.5 Å². The SMILES string of the molecule is C=CC(C)Nc1cccc2c1CCCC2. The molecule has 1 atom stereocenters. The minimum Gasteiger partial charge on any atom is -0.379 e. The number of anilines is 1. The van der Waals surface area contributed by atoms with E-state index >= 15 is 0 Å². The van der Waals surface area contributed by atoms with Crippen LogP contribution in [0.15, 0.2) is 30.9 Å². The second-order valence-corrected chi connectivity index (χ2v) is 4.32. The van der Waals surface area contributed by atoms with Gasteiger partial charge in [-0.25, -0.2) is 0 Å². The maximum Gasteiger partial charge on any atom is 0.0413 e. The average molecular weight is 201 g/mol. The summed E-state index contributed by atoms with van der Waals surface area (Å²) >= 11 is 0. The molecule has 1 aromatic rings. The number of hydrogen-bond acceptors (Lipinski definition) is 1. The standard InChI is InChI=1S/C14H19N/c1-3-11(2)15-14-10-6-8-12-7-4-5-9-13(12)14/h3,6,8,10-11,15H,1,4-5,7,9H2,2H3. The Bertz CT molecular complexity index is 354. The normalized spacial score (nSPS) is 16.6. The Morgan fingerprint density at radius 1 is 1.33 bits per heavy atom. The predicted molar refractivity (Wildman–Crippen MR) is 66.4 cm³/mol. The summed E-state index contributed by atoms with van der Waals surface area (Å²) < 4.78 is 0. The van der Waals surface area contributed by atoms with Gasteiger partial charge in [0.2, 0.25) is 0 Å². The van der Waals surface area contributed by atoms with E-state index in [1.54, 1.807) is 0 Å². The predicted octanol–water partition coefficient (Wildman–Crippen LogP) is 3.55. The van der Waals surface area contributed by atoms with Gasteiger partial charge in [-0.3, -0.25) is 0 Å². The van der Waals surface area contributed by atoms with E-state index in [1.807, 2.05) is 6.08 Å². The number of aryl methyl sites for hydroxylation is 1. The molecule has 15 heavy (non-hydrogen) atoms. The molecule has 0 saturated heterocycles. The van der Waals surface area contributed by atoms with Gasteiger partial charge >= 0.3 is 0 Å². The van der Waals surface area contributed by atoms with E-state index in [4.69, 9.17) is 0 Å². The average Bonchev–Trinajstić information content (AvgIpc) is 2.29. The highest BCUT2D eigenvalue weighted by molar-refractivity contribution is 5.56. The van der Waals surface area contributed by atoms with Crippen molar-refractivity contribution in [3.63, 3.8) is 0 Å². The molecule has 0 saturated carbocycles. The monoisotopic (exact) mass is 201 g/mol. The zero-order valence-electron chi connectivity index (χ0n) is 9.42. The largest absolute Gasteiger partial charge is 0.379 e. The topological polar surface area (TPSA) is 12.0 Å². The van der Waals surface area contributed by atoms with Crippen LogP contribution in [0.5, 0.6) is 0 Å². The Hall–Kier alpha value is -1.24. The molecule has 80 valence electrons. The summed E-state index contributed by atoms with van der Waals surface area (Å²) in [7, 11) is 0. The first-order chi connectivity index (χ1) is 7.31. The minimum atomic E-state index is 0.346. The molecule has 1 aliphatic rings. The van der Waals surface area contributed by atoms with E-state index in [0.29, 0.717) is 6.04 Å². The van der Waals surface area contributed by atoms with Crippen molar-refractivity contribution >= 4 is 5.69 Å². The molecule has 0 radical (unpaired) electrons. The lowest BCUT2D eigenvalue weighted by molar-refractivity contribution is 0.686. The second kappa shape index (κ2) is 4.52. The Morgan fingerprint density at radius 3 is 2.93 bits per heavy atom. The molecule has 0 spiro atoms. The Morgan fingerprint density at radius 2 is 2.13 bits per heavy atom. The van der Waals surface area contributed by atoms with Crippen LogP contribution in [0, 0.1) is 0 Å². The third kappa shape index (κ3) is 2.23. The first kappa shape index (κ1) is 10.3. The zero-order valence-corrected chi connectivity index (χ0v) is 9.42. The van der Waals surface area contributed by atoms with E-state index < -0.39 is 0 Å². The van der Waals surface area contributed by atoms with Crippen LogP contribution in [0.1, 0.15) is 30.9 Å². The molecule has 2 rings (SSSR count). The van der Waals surface area contributed by atoms with Gasteiger partial charge in [-0.1, -0.05) is 18.2 Å². The number of hydrogen-bond donors (Lipinski definition) is 1. The second-order valence-electron chi connectivity index (χ2n) is 4.32. The smallest absolute Gasteiger partial charge is 0.0413 e. The van der Waals surface area contributed by atoms with Crippen molar-refractivity contribution in [2.45, 2.75) is 38.6 Å². The van der Waals surface area contributed by atoms with Gasteiger partial charge in [0, 0.05) is 11.7 Å². The molecule has 1 heteroatoms. The van der Waals surface area contributed by atoms with Crippen molar-refractivity contribution in [3.05, 3.63) is 42.0 Å². The lowest BCUT2D eigenvalue weighted by atomic mass is 9.90. The van der Waals surface area contributed by atoms with Crippen LogP contribution in [0.2, 0.25) is 0 Å². The molecule has 1 N–H and O–H groups in total. The first-order valence-corrected chi connectivity index (χ1v) is 5.81. The number of fused-ring (bicyclic) bond motifs is 1. The summed E-state index contributed by atoms with van der Waals surface area (Å²) in [5.74, 6) is 0.